The normalized spacial score (nSPS) is 14.7. The van der Waals surface area contributed by atoms with Crippen LogP contribution in [0.15, 0.2) is 12.1 Å². The molecule has 0 radical (unpaired) electrons. The van der Waals surface area contributed by atoms with Crippen LogP contribution in [0.4, 0.5) is 10.1 Å². The molecule has 104 valence electrons. The summed E-state index contributed by atoms with van der Waals surface area (Å²) in [4.78, 5) is 2.23. The van der Waals surface area contributed by atoms with Crippen LogP contribution in [0.3, 0.4) is 0 Å². The molecule has 1 aliphatic carbocycles. The molecule has 0 amide bonds. The molecule has 0 atom stereocenters. The molecule has 2 rings (SSSR count). The number of nitrogens with two attached hydrogens (primary N) is 1. The highest BCUT2D eigenvalue weighted by Crippen LogP contribution is 2.30. The largest absolute Gasteiger partial charge is 0.493 e. The number of halogens is 1. The Hall–Kier alpha value is -1.62. The molecule has 0 heterocycles. The Kier molecular flexibility index (Phi) is 4.04. The molecule has 0 unspecified atom stereocenters. The molecule has 1 saturated carbocycles. The van der Waals surface area contributed by atoms with E-state index in [1.807, 2.05) is 0 Å². The lowest BCUT2D eigenvalue weighted by Gasteiger charge is -2.17. The topological polar surface area (TPSA) is 62.3 Å². The van der Waals surface area contributed by atoms with Crippen LogP contribution in [-0.2, 0) is 0 Å². The Morgan fingerprint density at radius 1 is 1.53 bits per heavy atom. The zero-order valence-corrected chi connectivity index (χ0v) is 11.4. The van der Waals surface area contributed by atoms with Gasteiger partial charge in [0.15, 0.2) is 11.6 Å². The number of hydrogen-bond donors (Lipinski definition) is 2. The zero-order valence-electron chi connectivity index (χ0n) is 11.4. The second kappa shape index (κ2) is 5.57. The first kappa shape index (κ1) is 13.8. The van der Waals surface area contributed by atoms with Crippen molar-refractivity contribution in [3.05, 3.63) is 23.5 Å². The molecular formula is C14H20FN3O. The van der Waals surface area contributed by atoms with Gasteiger partial charge in [0.05, 0.1) is 12.7 Å². The van der Waals surface area contributed by atoms with Crippen molar-refractivity contribution in [3.63, 3.8) is 0 Å². The number of rotatable bonds is 6. The summed E-state index contributed by atoms with van der Waals surface area (Å²) in [7, 11) is 3.45. The van der Waals surface area contributed by atoms with Gasteiger partial charge in [0.1, 0.15) is 0 Å². The Bertz CT molecular complexity index is 486. The molecule has 1 aliphatic rings. The van der Waals surface area contributed by atoms with Gasteiger partial charge < -0.3 is 20.8 Å². The molecule has 1 aromatic carbocycles. The highest BCUT2D eigenvalue weighted by molar-refractivity contribution is 6.05. The summed E-state index contributed by atoms with van der Waals surface area (Å²) in [5.41, 5.74) is 6.93. The summed E-state index contributed by atoms with van der Waals surface area (Å²) < 4.78 is 18.7. The molecule has 0 saturated heterocycles. The molecule has 4 nitrogen and oxygen atoms in total. The zero-order chi connectivity index (χ0) is 14.0. The summed E-state index contributed by atoms with van der Waals surface area (Å²) in [6.07, 6.45) is 3.00. The number of benzene rings is 1. The van der Waals surface area contributed by atoms with Crippen LogP contribution in [0.2, 0.25) is 0 Å². The van der Waals surface area contributed by atoms with Crippen LogP contribution >= 0.6 is 0 Å². The third-order valence-corrected chi connectivity index (χ3v) is 3.53. The second-order valence-electron chi connectivity index (χ2n) is 4.99. The third-order valence-electron chi connectivity index (χ3n) is 3.53. The number of nitrogens with one attached hydrogen (secondary N) is 1. The van der Waals surface area contributed by atoms with Gasteiger partial charge in [0.2, 0.25) is 0 Å². The minimum absolute atomic E-state index is 0.0686. The van der Waals surface area contributed by atoms with Gasteiger partial charge in [-0.2, -0.15) is 0 Å². The quantitative estimate of drug-likeness (QED) is 0.612. The Balaban J connectivity index is 2.11. The average Bonchev–Trinajstić information content (AvgIpc) is 3.22. The number of anilines is 1. The van der Waals surface area contributed by atoms with Crippen molar-refractivity contribution < 1.29 is 9.13 Å². The predicted molar refractivity (Wildman–Crippen MR) is 74.5 cm³/mol. The molecule has 1 aromatic rings. The number of methoxy groups -OCH3 is 1. The fraction of sp³-hybridized carbons (Fsp3) is 0.500. The van der Waals surface area contributed by atoms with Crippen molar-refractivity contribution in [2.24, 2.45) is 0 Å². The fourth-order valence-electron chi connectivity index (χ4n) is 2.19. The van der Waals surface area contributed by atoms with Gasteiger partial charge in [0, 0.05) is 30.4 Å². The molecular weight excluding hydrogens is 245 g/mol. The summed E-state index contributed by atoms with van der Waals surface area (Å²) in [5.74, 6) is -0.411. The lowest BCUT2D eigenvalue weighted by Crippen LogP contribution is -2.24. The fourth-order valence-corrected chi connectivity index (χ4v) is 2.19. The maximum absolute atomic E-state index is 13.6. The van der Waals surface area contributed by atoms with Crippen molar-refractivity contribution in [2.45, 2.75) is 25.3 Å². The van der Waals surface area contributed by atoms with Gasteiger partial charge in [-0.1, -0.05) is 0 Å². The van der Waals surface area contributed by atoms with E-state index in [4.69, 9.17) is 15.9 Å². The number of hydrogen-bond acceptors (Lipinski definition) is 4. The summed E-state index contributed by atoms with van der Waals surface area (Å²) in [6.45, 7) is 0.780. The van der Waals surface area contributed by atoms with E-state index in [0.29, 0.717) is 29.4 Å². The van der Waals surface area contributed by atoms with Crippen LogP contribution < -0.4 is 10.5 Å². The minimum Gasteiger partial charge on any atom is -0.493 e. The first-order chi connectivity index (χ1) is 9.04. The third kappa shape index (κ3) is 3.04. The Morgan fingerprint density at radius 2 is 2.21 bits per heavy atom. The van der Waals surface area contributed by atoms with Crippen molar-refractivity contribution in [1.29, 1.82) is 5.41 Å². The van der Waals surface area contributed by atoms with Crippen molar-refractivity contribution in [2.75, 3.05) is 26.4 Å². The number of nitrogens with zero attached hydrogens (tertiary/aromatic N) is 1. The standard InChI is InChI=1S/C14H20FN3O/c1-18(9-3-4-9)8-7-12(17)13-11(16)6-5-10(15)14(13)19-2/h5-6,9,17H,3-4,7-8,16H2,1-2H3. The molecule has 19 heavy (non-hydrogen) atoms. The van der Waals surface area contributed by atoms with Gasteiger partial charge >= 0.3 is 0 Å². The highest BCUT2D eigenvalue weighted by Gasteiger charge is 2.26. The average molecular weight is 265 g/mol. The lowest BCUT2D eigenvalue weighted by atomic mass is 10.0. The van der Waals surface area contributed by atoms with E-state index in [1.165, 1.54) is 32.1 Å². The van der Waals surface area contributed by atoms with Gasteiger partial charge in [-0.05, 0) is 32.0 Å². The molecule has 5 heteroatoms. The number of nitrogen functional groups attached to an aromatic ring is 1. The van der Waals surface area contributed by atoms with E-state index in [9.17, 15) is 4.39 Å². The summed E-state index contributed by atoms with van der Waals surface area (Å²) in [5, 5.41) is 8.11. The highest BCUT2D eigenvalue weighted by atomic mass is 19.1. The smallest absolute Gasteiger partial charge is 0.165 e. The van der Waals surface area contributed by atoms with Gasteiger partial charge in [-0.25, -0.2) is 4.39 Å². The Morgan fingerprint density at radius 3 is 2.79 bits per heavy atom. The van der Waals surface area contributed by atoms with Gasteiger partial charge in [-0.3, -0.25) is 0 Å². The van der Waals surface area contributed by atoms with E-state index in [-0.39, 0.29) is 5.75 Å². The van der Waals surface area contributed by atoms with Gasteiger partial charge in [0.25, 0.3) is 0 Å². The second-order valence-corrected chi connectivity index (χ2v) is 4.99. The maximum Gasteiger partial charge on any atom is 0.165 e. The van der Waals surface area contributed by atoms with Crippen molar-refractivity contribution in [3.8, 4) is 5.75 Å². The molecule has 0 aliphatic heterocycles. The van der Waals surface area contributed by atoms with Crippen LogP contribution in [0, 0.1) is 11.2 Å². The Labute approximate surface area is 112 Å². The van der Waals surface area contributed by atoms with Crippen molar-refractivity contribution >= 4 is 11.4 Å². The van der Waals surface area contributed by atoms with E-state index in [1.54, 1.807) is 0 Å². The van der Waals surface area contributed by atoms with Gasteiger partial charge in [-0.15, -0.1) is 0 Å². The van der Waals surface area contributed by atoms with E-state index < -0.39 is 5.82 Å². The minimum atomic E-state index is -0.480. The molecule has 0 bridgehead atoms. The first-order valence-electron chi connectivity index (χ1n) is 6.44. The maximum atomic E-state index is 13.6. The molecule has 1 fully saturated rings. The molecule has 3 N–H and O–H groups in total. The van der Waals surface area contributed by atoms with Crippen LogP contribution in [-0.4, -0.2) is 37.4 Å². The van der Waals surface area contributed by atoms with Crippen LogP contribution in [0.25, 0.3) is 0 Å². The van der Waals surface area contributed by atoms with Crippen molar-refractivity contribution in [1.82, 2.24) is 4.90 Å². The summed E-state index contributed by atoms with van der Waals surface area (Å²) in [6, 6.07) is 3.40. The monoisotopic (exact) mass is 265 g/mol. The van der Waals surface area contributed by atoms with E-state index in [0.717, 1.165) is 6.54 Å². The first-order valence-corrected chi connectivity index (χ1v) is 6.44. The molecule has 0 spiro atoms. The number of ether oxygens (including phenoxy) is 1. The summed E-state index contributed by atoms with van der Waals surface area (Å²) >= 11 is 0. The lowest BCUT2D eigenvalue weighted by molar-refractivity contribution is 0.334. The SMILES string of the molecule is COc1c(F)ccc(N)c1C(=N)CCN(C)C1CC1. The van der Waals surface area contributed by atoms with Crippen LogP contribution in [0.5, 0.6) is 5.75 Å². The predicted octanol–water partition coefficient (Wildman–Crippen LogP) is 2.27. The molecule has 0 aromatic heterocycles. The van der Waals surface area contributed by atoms with E-state index in [2.05, 4.69) is 11.9 Å². The van der Waals surface area contributed by atoms with Crippen LogP contribution in [0.1, 0.15) is 24.8 Å². The van der Waals surface area contributed by atoms with E-state index >= 15 is 0 Å².